The van der Waals surface area contributed by atoms with Gasteiger partial charge < -0.3 is 72.5 Å². The number of rotatable bonds is 14. The maximum absolute atomic E-state index is 8.90. The molecule has 1 aliphatic carbocycles. The summed E-state index contributed by atoms with van der Waals surface area (Å²) in [5.41, 5.74) is 10.1. The minimum absolute atomic E-state index is 0.0833. The molecule has 7 fully saturated rings. The zero-order valence-electron chi connectivity index (χ0n) is 79.6. The van der Waals surface area contributed by atoms with Crippen LogP contribution in [0.25, 0.3) is 16.2 Å². The normalized spacial score (nSPS) is 15.4. The number of ether oxygens (including phenoxy) is 11. The number of para-hydroxylation sites is 3. The number of aliphatic hydroxyl groups is 4. The third kappa shape index (κ3) is 75.1. The van der Waals surface area contributed by atoms with Crippen LogP contribution in [0.5, 0.6) is 17.2 Å². The minimum Gasteiger partial charge on any atom is -0.505 e. The van der Waals surface area contributed by atoms with Crippen molar-refractivity contribution in [3.05, 3.63) is 375 Å². The van der Waals surface area contributed by atoms with E-state index in [9.17, 15) is 0 Å². The Morgan fingerprint density at radius 2 is 1.09 bits per heavy atom. The summed E-state index contributed by atoms with van der Waals surface area (Å²) < 4.78 is 56.3. The van der Waals surface area contributed by atoms with Crippen LogP contribution in [0.3, 0.4) is 0 Å². The number of aliphatic hydroxyl groups excluding tert-OH is 3. The van der Waals surface area contributed by atoms with Gasteiger partial charge in [0.15, 0.2) is 0 Å². The predicted molar refractivity (Wildman–Crippen MR) is 585 cm³/mol. The number of fused-ring (bicyclic) bond motifs is 4. The fraction of sp³-hybridized carbons (Fsp3) is 0.370. The molecule has 0 radical (unpaired) electrons. The number of thioether (sulfide) groups is 8. The Morgan fingerprint density at radius 3 is 1.44 bits per heavy atom. The second kappa shape index (κ2) is 88.7. The van der Waals surface area contributed by atoms with Gasteiger partial charge in [-0.3, -0.25) is 0 Å². The summed E-state index contributed by atoms with van der Waals surface area (Å²) in [6, 6.07) is 42.5. The predicted octanol–water partition coefficient (Wildman–Crippen LogP) is 28.4. The van der Waals surface area contributed by atoms with E-state index in [1.807, 2.05) is 138 Å². The first kappa shape index (κ1) is 127. The second-order valence-corrected chi connectivity index (χ2v) is 37.1. The van der Waals surface area contributed by atoms with Gasteiger partial charge in [-0.2, -0.15) is 0 Å². The molecule has 0 aromatic heterocycles. The Labute approximate surface area is 824 Å². The Balaban J connectivity index is -0.00000133. The number of aryl methyl sites for hydroxylation is 1. The van der Waals surface area contributed by atoms with Crippen molar-refractivity contribution in [1.82, 2.24) is 0 Å². The molecule has 5 aromatic carbocycles. The molecule has 1 saturated carbocycles. The van der Waals surface area contributed by atoms with Crippen molar-refractivity contribution in [1.29, 1.82) is 0 Å². The van der Waals surface area contributed by atoms with Gasteiger partial charge in [-0.1, -0.05) is 245 Å². The van der Waals surface area contributed by atoms with Crippen molar-refractivity contribution < 1.29 is 72.5 Å². The average molecular weight is 1950 g/mol. The quantitative estimate of drug-likeness (QED) is 0.0467. The van der Waals surface area contributed by atoms with Crippen LogP contribution in [-0.2, 0) is 57.2 Å². The lowest BCUT2D eigenvalue weighted by atomic mass is 10.0. The van der Waals surface area contributed by atoms with Crippen LogP contribution >= 0.6 is 94.1 Å². The fourth-order valence-electron chi connectivity index (χ4n) is 9.84. The van der Waals surface area contributed by atoms with E-state index in [4.69, 9.17) is 63.1 Å². The SMILES string of the molecule is C=C(SC)c1ccccc1.C=C1CCCC1O.C=C1CCCO1.C=C1CCCS1.C=C1CCOC1.C=C1CCc2ccccc2O1.C=C1COCCO1.C=C1COc2ccccc21.C=C1Cc2ccccc2O1.C=C1OCCS1.C=C1OCCc2ccccc21.C=C1SCCS1.C=CC(C)(C)O.C=CCO.C=CCOC.C=COC.C=CSC.C=CSCC.C=CSCCCO. The smallest absolute Gasteiger partial charge is 0.146 e. The number of hydrogen-bond acceptors (Lipinski definition) is 23. The molecule has 10 aliphatic heterocycles. The first-order valence-electron chi connectivity index (χ1n) is 43.0. The van der Waals surface area contributed by atoms with Crippen LogP contribution in [0.4, 0.5) is 0 Å². The minimum atomic E-state index is -0.694. The summed E-state index contributed by atoms with van der Waals surface area (Å²) in [4.78, 5) is 2.50. The van der Waals surface area contributed by atoms with Crippen LogP contribution in [0.2, 0.25) is 0 Å². The summed E-state index contributed by atoms with van der Waals surface area (Å²) in [6.07, 6.45) is 23.6. The molecular weight excluding hydrogens is 1790 g/mol. The highest BCUT2D eigenvalue weighted by atomic mass is 32.2. The van der Waals surface area contributed by atoms with Gasteiger partial charge in [0.05, 0.1) is 89.5 Å². The maximum Gasteiger partial charge on any atom is 0.146 e. The Hall–Kier alpha value is -7.92. The first-order chi connectivity index (χ1) is 63.0. The zero-order valence-corrected chi connectivity index (χ0v) is 86.2. The van der Waals surface area contributed by atoms with E-state index in [1.165, 1.54) is 97.5 Å². The van der Waals surface area contributed by atoms with E-state index < -0.39 is 5.60 Å². The summed E-state index contributed by atoms with van der Waals surface area (Å²) in [5.74, 6) is 14.2. The van der Waals surface area contributed by atoms with Gasteiger partial charge in [-0.05, 0) is 181 Å². The molecule has 0 bridgehead atoms. The Bertz CT molecular complexity index is 3850. The average Bonchev–Trinajstić information content (AvgIpc) is 1.15. The maximum atomic E-state index is 8.90. The zero-order chi connectivity index (χ0) is 98.4. The van der Waals surface area contributed by atoms with Gasteiger partial charge in [0.25, 0.3) is 0 Å². The summed E-state index contributed by atoms with van der Waals surface area (Å²) in [7, 11) is 3.20. The molecule has 1 atom stereocenters. The van der Waals surface area contributed by atoms with E-state index >= 15 is 0 Å². The van der Waals surface area contributed by atoms with Crippen molar-refractivity contribution in [2.75, 3.05) is 141 Å². The van der Waals surface area contributed by atoms with Crippen molar-refractivity contribution >= 4 is 110 Å². The fourth-order valence-corrected chi connectivity index (χ4v) is 14.3. The van der Waals surface area contributed by atoms with Crippen LogP contribution in [0, 0.1) is 0 Å². The molecule has 131 heavy (non-hydrogen) atoms. The molecule has 16 rings (SSSR count). The highest BCUT2D eigenvalue weighted by Gasteiger charge is 2.17. The molecule has 0 spiro atoms. The number of hydrogen-bond donors (Lipinski definition) is 4. The van der Waals surface area contributed by atoms with E-state index in [-0.39, 0.29) is 12.7 Å². The van der Waals surface area contributed by atoms with E-state index in [0.717, 1.165) is 187 Å². The van der Waals surface area contributed by atoms with Crippen LogP contribution in [0.1, 0.15) is 118 Å². The van der Waals surface area contributed by atoms with Gasteiger partial charge in [0, 0.05) is 82.5 Å². The van der Waals surface area contributed by atoms with Crippen molar-refractivity contribution in [2.24, 2.45) is 0 Å². The lowest BCUT2D eigenvalue weighted by molar-refractivity contribution is 0.0143. The monoisotopic (exact) mass is 1950 g/mol. The molecule has 15 nitrogen and oxygen atoms in total. The molecule has 1 unspecified atom stereocenters. The van der Waals surface area contributed by atoms with Crippen molar-refractivity contribution in [3.63, 3.8) is 0 Å². The Morgan fingerprint density at radius 1 is 0.519 bits per heavy atom. The van der Waals surface area contributed by atoms with E-state index in [0.29, 0.717) is 39.6 Å². The third-order valence-corrected chi connectivity index (χ3v) is 23.5. The molecule has 0 amide bonds. The third-order valence-electron chi connectivity index (χ3n) is 16.7. The van der Waals surface area contributed by atoms with Crippen molar-refractivity contribution in [3.8, 4) is 17.2 Å². The Kier molecular flexibility index (Phi) is 86.1. The topological polar surface area (TPSA) is 182 Å². The number of benzene rings is 5. The van der Waals surface area contributed by atoms with Crippen LogP contribution in [0.15, 0.2) is 342 Å². The summed E-state index contributed by atoms with van der Waals surface area (Å²) >= 11 is 14.0. The van der Waals surface area contributed by atoms with Crippen LogP contribution < -0.4 is 14.2 Å². The number of allylic oxidation sites excluding steroid dienone is 4. The number of methoxy groups -OCH3 is 2. The lowest BCUT2D eigenvalue weighted by Gasteiger charge is -2.18. The van der Waals surface area contributed by atoms with Crippen LogP contribution in [-0.4, -0.2) is 173 Å². The molecule has 11 aliphatic rings. The highest BCUT2D eigenvalue weighted by Crippen LogP contribution is 2.35. The molecule has 4 N–H and O–H groups in total. The van der Waals surface area contributed by atoms with Crippen molar-refractivity contribution in [2.45, 2.75) is 116 Å². The highest BCUT2D eigenvalue weighted by molar-refractivity contribution is 8.25. The first-order valence-corrected chi connectivity index (χ1v) is 51.5. The van der Waals surface area contributed by atoms with Gasteiger partial charge in [-0.15, -0.1) is 102 Å². The molecule has 724 valence electrons. The van der Waals surface area contributed by atoms with Gasteiger partial charge in [0.1, 0.15) is 59.4 Å². The molecule has 6 saturated heterocycles. The molecule has 23 heteroatoms. The standard InChI is InChI=1S/2C10H10O.2C9H8O.C9H10S.C6H10O.C5H8O2.C5H10OS.2C5H8O.C5H10O.C5H8S.C4H6OS.C4H8O.C4H6S2.C4H8S.2C3H6O.C3H6S/c1-8-10-5-3-2-4-9(10)6-7-11-8;1-8-6-7-9-4-2-3-5-10(9)11-8;1-7-6-10-9-5-3-2-4-8(7)9;1-7-6-8-4-2-3-5-9(8)10-7;1-8(10-2)9-6-4-3-5-7-9;1-5-3-2-4-6(5)7;1-5-4-6-2-3-7-5;1-2-7-5-3-4-6;1-5-2-3-6-4-5;1-5-3-2-4-6-5;1-4-5(2,3)6;1-5-3-2-4-6-5;1-4-5-2-3-6-4;1-3-4-5-2;1-4-5-2-3-6-4;1-3-5-4-2;1-3-4-2;1-2-3-4;1-3-4-2/h2*2-5H,1,6-7H2;2*2-5H,1,6H2;3-7H,1H2,2H3;6-7H,1-4H2;1-4H2;2,6H,1,3-5H2;2*1-4H2;4,6H,1H2,2-3H3;1-4H2;1-3H2;3H,1,4H2,2H3;1-3H2;3H,1,4H2,2H3;3H,1H2,2H3;2,4H,1,3H2;3H,1H2,2H3. The largest absolute Gasteiger partial charge is 0.505 e. The summed E-state index contributed by atoms with van der Waals surface area (Å²) in [5, 5.41) is 39.9. The summed E-state index contributed by atoms with van der Waals surface area (Å²) in [6.45, 7) is 82.0. The van der Waals surface area contributed by atoms with Gasteiger partial charge >= 0.3 is 0 Å². The van der Waals surface area contributed by atoms with Gasteiger partial charge in [-0.25, -0.2) is 0 Å². The van der Waals surface area contributed by atoms with E-state index in [2.05, 4.69) is 184 Å². The second-order valence-electron chi connectivity index (χ2n) is 28.0. The molecule has 5 aromatic rings. The molecule has 10 heterocycles. The van der Waals surface area contributed by atoms with E-state index in [1.54, 1.807) is 104 Å². The lowest BCUT2D eigenvalue weighted by Crippen LogP contribution is -2.14. The van der Waals surface area contributed by atoms with Gasteiger partial charge in [0.2, 0.25) is 0 Å². The molecular formula is C108H154O15S8.